The third kappa shape index (κ3) is 50.5. The van der Waals surface area contributed by atoms with Crippen molar-refractivity contribution in [3.63, 3.8) is 0 Å². The van der Waals surface area contributed by atoms with Crippen LogP contribution in [-0.2, 0) is 27.9 Å². The number of hydrogen-bond donors (Lipinski definition) is 0. The Labute approximate surface area is 388 Å². The Bertz CT molecular complexity index is 1280. The van der Waals surface area contributed by atoms with E-state index in [4.69, 9.17) is 18.5 Å². The number of allylic oxidation sites excluding steroid dienone is 14. The number of esters is 1. The van der Waals surface area contributed by atoms with E-state index in [9.17, 15) is 14.3 Å². The lowest BCUT2D eigenvalue weighted by atomic mass is 10.0. The minimum Gasteiger partial charge on any atom is -0.756 e. The summed E-state index contributed by atoms with van der Waals surface area (Å²) in [6, 6.07) is 0. The molecule has 0 aromatic rings. The molecule has 0 amide bonds. The first kappa shape index (κ1) is 60.7. The van der Waals surface area contributed by atoms with Crippen LogP contribution in [0, 0.1) is 0 Å². The SMILES string of the molecule is CC/C=C\C/C=C\C/C=C\C/C=C\C/C=C\CCCCOCC(COP(=O)([O-])OCC[N+](C)(C)C)OC(=O)CCCCCCCCCCCCC/C=C\C/C=C\CCCCCCC. The highest BCUT2D eigenvalue weighted by Gasteiger charge is 2.20. The van der Waals surface area contributed by atoms with Crippen LogP contribution in [0.5, 0.6) is 0 Å². The molecule has 0 aliphatic heterocycles. The van der Waals surface area contributed by atoms with Gasteiger partial charge in [0.2, 0.25) is 0 Å². The van der Waals surface area contributed by atoms with E-state index in [-0.39, 0.29) is 25.8 Å². The number of ether oxygens (including phenoxy) is 2. The molecule has 2 unspecified atom stereocenters. The van der Waals surface area contributed by atoms with E-state index < -0.39 is 13.9 Å². The maximum atomic E-state index is 12.7. The normalized spacial score (nSPS) is 14.3. The number of likely N-dealkylation sites (N-methyl/N-ethyl adjacent to an activating group) is 1. The predicted octanol–water partition coefficient (Wildman–Crippen LogP) is 15.0. The van der Waals surface area contributed by atoms with Crippen LogP contribution in [0.3, 0.4) is 0 Å². The molecular weight excluding hydrogens is 806 g/mol. The molecule has 0 saturated heterocycles. The van der Waals surface area contributed by atoms with Crippen LogP contribution < -0.4 is 4.89 Å². The molecule has 0 rings (SSSR count). The molecule has 0 spiro atoms. The number of hydrogen-bond acceptors (Lipinski definition) is 7. The van der Waals surface area contributed by atoms with E-state index in [1.165, 1.54) is 96.3 Å². The zero-order valence-electron chi connectivity index (χ0n) is 41.2. The maximum Gasteiger partial charge on any atom is 0.306 e. The lowest BCUT2D eigenvalue weighted by molar-refractivity contribution is -0.870. The molecule has 0 aromatic carbocycles. The van der Waals surface area contributed by atoms with Crippen molar-refractivity contribution in [3.8, 4) is 0 Å². The van der Waals surface area contributed by atoms with E-state index in [2.05, 4.69) is 98.9 Å². The lowest BCUT2D eigenvalue weighted by Crippen LogP contribution is -2.37. The zero-order valence-corrected chi connectivity index (χ0v) is 42.1. The topological polar surface area (TPSA) is 94.1 Å². The Morgan fingerprint density at radius 3 is 1.38 bits per heavy atom. The molecule has 0 aliphatic carbocycles. The van der Waals surface area contributed by atoms with E-state index in [1.807, 2.05) is 21.1 Å². The molecule has 0 aliphatic rings. The number of rotatable bonds is 46. The van der Waals surface area contributed by atoms with Crippen LogP contribution >= 0.6 is 7.82 Å². The number of phosphoric ester groups is 1. The van der Waals surface area contributed by atoms with Crippen molar-refractivity contribution in [3.05, 3.63) is 85.1 Å². The van der Waals surface area contributed by atoms with E-state index >= 15 is 0 Å². The fraction of sp³-hybridized carbons (Fsp3) is 0.722. The number of unbranched alkanes of at least 4 members (excludes halogenated alkanes) is 18. The molecule has 364 valence electrons. The first-order valence-corrected chi connectivity index (χ1v) is 26.8. The Hall–Kier alpha value is -2.32. The van der Waals surface area contributed by atoms with Crippen LogP contribution in [-0.4, -0.2) is 70.7 Å². The third-order valence-electron chi connectivity index (χ3n) is 10.4. The fourth-order valence-electron chi connectivity index (χ4n) is 6.54. The van der Waals surface area contributed by atoms with Gasteiger partial charge < -0.3 is 27.9 Å². The van der Waals surface area contributed by atoms with Gasteiger partial charge in [0.1, 0.15) is 19.3 Å². The maximum absolute atomic E-state index is 12.7. The summed E-state index contributed by atoms with van der Waals surface area (Å²) in [4.78, 5) is 25.2. The highest BCUT2D eigenvalue weighted by molar-refractivity contribution is 7.45. The van der Waals surface area contributed by atoms with Crippen LogP contribution in [0.4, 0.5) is 0 Å². The molecule has 0 heterocycles. The summed E-state index contributed by atoms with van der Waals surface area (Å²) in [5.41, 5.74) is 0. The first-order chi connectivity index (χ1) is 30.6. The average Bonchev–Trinajstić information content (AvgIpc) is 3.24. The Morgan fingerprint density at radius 2 is 0.921 bits per heavy atom. The zero-order chi connectivity index (χ0) is 46.2. The largest absolute Gasteiger partial charge is 0.756 e. The fourth-order valence-corrected chi connectivity index (χ4v) is 7.27. The standard InChI is InChI=1S/C54H96NO7P/c1-6-8-10-12-14-16-18-20-22-24-26-27-28-29-30-31-33-35-37-39-41-43-45-47-54(56)62-53(52-61-63(57,58)60-50-48-55(3,4)5)51-59-49-46-44-42-40-38-36-34-32-25-23-21-19-17-15-13-11-9-7-2/h9,11,15,17-18,20-21,23-24,26,32,34,38,40,53H,6-8,10,12-14,16,19,22,25,27-31,33,35-37,39,41-52H2,1-5H3/b11-9-,17-15-,20-18-,23-21-,26-24-,34-32-,40-38-. The molecule has 0 radical (unpaired) electrons. The molecule has 9 heteroatoms. The summed E-state index contributed by atoms with van der Waals surface area (Å²) in [5.74, 6) is -0.354. The van der Waals surface area contributed by atoms with Crippen molar-refractivity contribution in [1.82, 2.24) is 0 Å². The molecule has 0 fully saturated rings. The summed E-state index contributed by atoms with van der Waals surface area (Å²) < 4.78 is 34.7. The predicted molar refractivity (Wildman–Crippen MR) is 268 cm³/mol. The van der Waals surface area contributed by atoms with Crippen molar-refractivity contribution in [1.29, 1.82) is 0 Å². The van der Waals surface area contributed by atoms with Gasteiger partial charge in [0.25, 0.3) is 7.82 Å². The second-order valence-electron chi connectivity index (χ2n) is 17.8. The van der Waals surface area contributed by atoms with Gasteiger partial charge in [-0.05, 0) is 89.9 Å². The van der Waals surface area contributed by atoms with Gasteiger partial charge in [0.05, 0.1) is 34.4 Å². The number of quaternary nitrogens is 1. The average molecular weight is 902 g/mol. The lowest BCUT2D eigenvalue weighted by Gasteiger charge is -2.28. The third-order valence-corrected chi connectivity index (χ3v) is 11.4. The molecule has 2 atom stereocenters. The molecule has 8 nitrogen and oxygen atoms in total. The summed E-state index contributed by atoms with van der Waals surface area (Å²) in [6.45, 7) is 5.17. The quantitative estimate of drug-likeness (QED) is 0.0197. The van der Waals surface area contributed by atoms with E-state index in [0.29, 0.717) is 24.1 Å². The van der Waals surface area contributed by atoms with Gasteiger partial charge in [-0.25, -0.2) is 0 Å². The van der Waals surface area contributed by atoms with Gasteiger partial charge >= 0.3 is 5.97 Å². The van der Waals surface area contributed by atoms with E-state index in [1.54, 1.807) is 0 Å². The highest BCUT2D eigenvalue weighted by atomic mass is 31.2. The van der Waals surface area contributed by atoms with Crippen LogP contribution in [0.15, 0.2) is 85.1 Å². The Kier molecular flexibility index (Phi) is 44.5. The van der Waals surface area contributed by atoms with Crippen LogP contribution in [0.2, 0.25) is 0 Å². The number of phosphoric acid groups is 1. The molecule has 0 N–H and O–H groups in total. The molecule has 0 bridgehead atoms. The molecule has 0 aromatic heterocycles. The van der Waals surface area contributed by atoms with Gasteiger partial charge in [-0.1, -0.05) is 182 Å². The molecule has 63 heavy (non-hydrogen) atoms. The number of carbonyl (C=O) groups is 1. The minimum absolute atomic E-state index is 0.0130. The van der Waals surface area contributed by atoms with Gasteiger partial charge in [0, 0.05) is 13.0 Å². The Balaban J connectivity index is 4.22. The first-order valence-electron chi connectivity index (χ1n) is 25.3. The molecular formula is C54H96NO7P. The highest BCUT2D eigenvalue weighted by Crippen LogP contribution is 2.38. The van der Waals surface area contributed by atoms with Gasteiger partial charge in [-0.2, -0.15) is 0 Å². The van der Waals surface area contributed by atoms with Crippen molar-refractivity contribution in [2.24, 2.45) is 0 Å². The monoisotopic (exact) mass is 902 g/mol. The van der Waals surface area contributed by atoms with Crippen LogP contribution in [0.1, 0.15) is 194 Å². The summed E-state index contributed by atoms with van der Waals surface area (Å²) >= 11 is 0. The number of carbonyl (C=O) groups excluding carboxylic acids is 1. The van der Waals surface area contributed by atoms with Crippen molar-refractivity contribution in [2.45, 2.75) is 200 Å². The van der Waals surface area contributed by atoms with Crippen molar-refractivity contribution < 1.29 is 37.3 Å². The smallest absolute Gasteiger partial charge is 0.306 e. The Morgan fingerprint density at radius 1 is 0.508 bits per heavy atom. The van der Waals surface area contributed by atoms with E-state index in [0.717, 1.165) is 77.0 Å². The van der Waals surface area contributed by atoms with Crippen LogP contribution in [0.25, 0.3) is 0 Å². The summed E-state index contributed by atoms with van der Waals surface area (Å²) in [5, 5.41) is 0. The van der Waals surface area contributed by atoms with Gasteiger partial charge in [-0.15, -0.1) is 0 Å². The second kappa shape index (κ2) is 46.2. The molecule has 0 saturated carbocycles. The number of nitrogens with zero attached hydrogens (tertiary/aromatic N) is 1. The minimum atomic E-state index is -4.55. The van der Waals surface area contributed by atoms with Crippen molar-refractivity contribution in [2.75, 3.05) is 54.1 Å². The second-order valence-corrected chi connectivity index (χ2v) is 19.2. The van der Waals surface area contributed by atoms with Gasteiger partial charge in [-0.3, -0.25) is 9.36 Å². The summed E-state index contributed by atoms with van der Waals surface area (Å²) in [7, 11) is 1.32. The summed E-state index contributed by atoms with van der Waals surface area (Å²) in [6.07, 6.45) is 61.9. The van der Waals surface area contributed by atoms with Crippen molar-refractivity contribution >= 4 is 13.8 Å². The van der Waals surface area contributed by atoms with Gasteiger partial charge in [0.15, 0.2) is 0 Å².